The third-order valence-electron chi connectivity index (χ3n) is 7.40. The van der Waals surface area contributed by atoms with Crippen LogP contribution in [-0.4, -0.2) is 33.5 Å². The molecule has 2 aliphatic heterocycles. The molecule has 188 valence electrons. The summed E-state index contributed by atoms with van der Waals surface area (Å²) >= 11 is 3.53. The molecule has 1 saturated carbocycles. The van der Waals surface area contributed by atoms with Gasteiger partial charge < -0.3 is 10.2 Å². The van der Waals surface area contributed by atoms with Crippen LogP contribution in [0.5, 0.6) is 0 Å². The molecule has 4 atom stereocenters. The Morgan fingerprint density at radius 1 is 1.11 bits per heavy atom. The molecule has 0 radical (unpaired) electrons. The average molecular weight is 562 g/mol. The maximum absolute atomic E-state index is 13.2. The fourth-order valence-corrected chi connectivity index (χ4v) is 7.29. The van der Waals surface area contributed by atoms with Gasteiger partial charge in [-0.15, -0.1) is 0 Å². The van der Waals surface area contributed by atoms with Gasteiger partial charge in [0.1, 0.15) is 5.84 Å². The molecule has 2 aromatic rings. The lowest BCUT2D eigenvalue weighted by Gasteiger charge is -2.43. The van der Waals surface area contributed by atoms with Gasteiger partial charge in [0.05, 0.1) is 22.7 Å². The molecule has 0 amide bonds. The van der Waals surface area contributed by atoms with Gasteiger partial charge in [0.15, 0.2) is 0 Å². The van der Waals surface area contributed by atoms with Gasteiger partial charge in [-0.1, -0.05) is 47.0 Å². The van der Waals surface area contributed by atoms with Crippen LogP contribution in [0.3, 0.4) is 0 Å². The fourth-order valence-electron chi connectivity index (χ4n) is 5.56. The standard InChI is InChI=1S/C26H33BrN4O3S/c1-17-11-12-18(14-24(17)35(32,33)28-16-21-8-5-13-34-21)25-22-9-2-3-10-23(22)26(31-30-25)29-20-7-4-6-19(27)15-20/h4,6-7,11-12,14-15,21-23,25,28,30H,2-3,5,8-10,13,16H2,1H3,(H,29,31). The highest BCUT2D eigenvalue weighted by Gasteiger charge is 2.40. The summed E-state index contributed by atoms with van der Waals surface area (Å²) in [7, 11) is -3.63. The zero-order valence-corrected chi connectivity index (χ0v) is 22.4. The normalized spacial score (nSPS) is 28.0. The minimum absolute atomic E-state index is 0.00877. The van der Waals surface area contributed by atoms with Gasteiger partial charge in [0.25, 0.3) is 0 Å². The van der Waals surface area contributed by atoms with Crippen LogP contribution in [0, 0.1) is 18.8 Å². The quantitative estimate of drug-likeness (QED) is 0.467. The van der Waals surface area contributed by atoms with Crippen molar-refractivity contribution >= 4 is 37.5 Å². The number of fused-ring (bicyclic) bond motifs is 1. The highest BCUT2D eigenvalue weighted by atomic mass is 79.9. The van der Waals surface area contributed by atoms with Crippen LogP contribution in [0.4, 0.5) is 5.69 Å². The van der Waals surface area contributed by atoms with Crippen LogP contribution < -0.4 is 15.6 Å². The second-order valence-electron chi connectivity index (χ2n) is 9.79. The number of hydrogen-bond acceptors (Lipinski definition) is 5. The number of amidine groups is 1. The van der Waals surface area contributed by atoms with E-state index in [-0.39, 0.29) is 12.1 Å². The van der Waals surface area contributed by atoms with Gasteiger partial charge in [-0.3, -0.25) is 0 Å². The third-order valence-corrected chi connectivity index (χ3v) is 9.46. The molecule has 2 saturated heterocycles. The van der Waals surface area contributed by atoms with Crippen LogP contribution >= 0.6 is 15.9 Å². The molecule has 3 aliphatic rings. The van der Waals surface area contributed by atoms with Crippen LogP contribution in [-0.2, 0) is 14.8 Å². The summed E-state index contributed by atoms with van der Waals surface area (Å²) in [6, 6.07) is 13.8. The smallest absolute Gasteiger partial charge is 0.240 e. The average Bonchev–Trinajstić information content (AvgIpc) is 3.37. The van der Waals surface area contributed by atoms with Crippen LogP contribution in [0.15, 0.2) is 56.8 Å². The third kappa shape index (κ3) is 5.64. The summed E-state index contributed by atoms with van der Waals surface area (Å²) in [6.07, 6.45) is 6.33. The molecule has 0 bridgehead atoms. The fraction of sp³-hybridized carbons (Fsp3) is 0.500. The Balaban J connectivity index is 1.39. The maximum Gasteiger partial charge on any atom is 0.240 e. The highest BCUT2D eigenvalue weighted by molar-refractivity contribution is 9.10. The lowest BCUT2D eigenvalue weighted by atomic mass is 9.72. The molecule has 7 nitrogen and oxygen atoms in total. The minimum Gasteiger partial charge on any atom is -0.377 e. The van der Waals surface area contributed by atoms with E-state index in [0.29, 0.717) is 29.9 Å². The first kappa shape index (κ1) is 24.9. The van der Waals surface area contributed by atoms with E-state index in [1.54, 1.807) is 0 Å². The summed E-state index contributed by atoms with van der Waals surface area (Å²) in [5.74, 6) is 1.60. The summed E-state index contributed by atoms with van der Waals surface area (Å²) in [5.41, 5.74) is 9.48. The van der Waals surface area contributed by atoms with Gasteiger partial charge in [-0.2, -0.15) is 0 Å². The molecule has 2 heterocycles. The predicted octanol–water partition coefficient (Wildman–Crippen LogP) is 4.90. The van der Waals surface area contributed by atoms with Crippen LogP contribution in [0.25, 0.3) is 0 Å². The molecule has 5 rings (SSSR count). The Labute approximate surface area is 216 Å². The summed E-state index contributed by atoms with van der Waals surface area (Å²) < 4.78 is 35.7. The largest absolute Gasteiger partial charge is 0.377 e. The van der Waals surface area contributed by atoms with Crippen molar-refractivity contribution in [1.29, 1.82) is 0 Å². The molecule has 3 N–H and O–H groups in total. The highest BCUT2D eigenvalue weighted by Crippen LogP contribution is 2.42. The number of halogens is 1. The Hall–Kier alpha value is -1.78. The second-order valence-corrected chi connectivity index (χ2v) is 12.4. The van der Waals surface area contributed by atoms with E-state index < -0.39 is 10.0 Å². The molecule has 1 aliphatic carbocycles. The Kier molecular flexibility index (Phi) is 7.60. The van der Waals surface area contributed by atoms with Crippen molar-refractivity contribution in [2.24, 2.45) is 16.8 Å². The number of aryl methyl sites for hydroxylation is 1. The first-order valence-corrected chi connectivity index (χ1v) is 14.8. The number of aliphatic imine (C=N–C) groups is 1. The maximum atomic E-state index is 13.2. The summed E-state index contributed by atoms with van der Waals surface area (Å²) in [5, 5.41) is 0. The van der Waals surface area contributed by atoms with E-state index in [2.05, 4.69) is 37.6 Å². The first-order valence-electron chi connectivity index (χ1n) is 12.5. The molecule has 0 aromatic heterocycles. The van der Waals surface area contributed by atoms with Crippen molar-refractivity contribution in [3.05, 3.63) is 58.1 Å². The molecule has 4 unspecified atom stereocenters. The van der Waals surface area contributed by atoms with Gasteiger partial charge >= 0.3 is 0 Å². The van der Waals surface area contributed by atoms with Crippen molar-refractivity contribution in [1.82, 2.24) is 15.6 Å². The second kappa shape index (κ2) is 10.7. The predicted molar refractivity (Wildman–Crippen MR) is 141 cm³/mol. The SMILES string of the molecule is Cc1ccc(C2NNC(=Nc3cccc(Br)c3)C3CCCCC32)cc1S(=O)(=O)NCC1CCCO1. The molecule has 3 fully saturated rings. The number of hydrogen-bond donors (Lipinski definition) is 3. The number of nitrogens with zero attached hydrogens (tertiary/aromatic N) is 1. The Bertz CT molecular complexity index is 1200. The lowest BCUT2D eigenvalue weighted by molar-refractivity contribution is 0.114. The van der Waals surface area contributed by atoms with E-state index in [0.717, 1.165) is 52.8 Å². The number of ether oxygens (including phenoxy) is 1. The monoisotopic (exact) mass is 560 g/mol. The van der Waals surface area contributed by atoms with Crippen molar-refractivity contribution in [2.75, 3.05) is 13.2 Å². The van der Waals surface area contributed by atoms with E-state index in [1.165, 1.54) is 12.8 Å². The molecular weight excluding hydrogens is 528 g/mol. The lowest BCUT2D eigenvalue weighted by Crippen LogP contribution is -2.55. The first-order chi connectivity index (χ1) is 16.9. The van der Waals surface area contributed by atoms with Gasteiger partial charge in [-0.25, -0.2) is 23.6 Å². The minimum atomic E-state index is -3.63. The van der Waals surface area contributed by atoms with Gasteiger partial charge in [-0.05, 0) is 73.9 Å². The summed E-state index contributed by atoms with van der Waals surface area (Å²) in [4.78, 5) is 5.26. The number of nitrogens with one attached hydrogen (secondary N) is 3. The van der Waals surface area contributed by atoms with Gasteiger partial charge in [0.2, 0.25) is 10.0 Å². The van der Waals surface area contributed by atoms with Crippen molar-refractivity contribution in [3.63, 3.8) is 0 Å². The van der Waals surface area contributed by atoms with Crippen molar-refractivity contribution < 1.29 is 13.2 Å². The van der Waals surface area contributed by atoms with E-state index >= 15 is 0 Å². The molecule has 2 aromatic carbocycles. The number of rotatable bonds is 6. The van der Waals surface area contributed by atoms with Gasteiger partial charge in [0, 0.05) is 23.5 Å². The number of sulfonamides is 1. The van der Waals surface area contributed by atoms with Crippen LogP contribution in [0.1, 0.15) is 55.7 Å². The topological polar surface area (TPSA) is 91.8 Å². The Morgan fingerprint density at radius 3 is 2.77 bits per heavy atom. The molecule has 9 heteroatoms. The molecule has 35 heavy (non-hydrogen) atoms. The molecule has 0 spiro atoms. The van der Waals surface area contributed by atoms with Crippen LogP contribution in [0.2, 0.25) is 0 Å². The van der Waals surface area contributed by atoms with Crippen molar-refractivity contribution in [2.45, 2.75) is 62.5 Å². The summed E-state index contributed by atoms with van der Waals surface area (Å²) in [6.45, 7) is 2.87. The Morgan fingerprint density at radius 2 is 1.97 bits per heavy atom. The zero-order valence-electron chi connectivity index (χ0n) is 20.0. The van der Waals surface area contributed by atoms with E-state index in [9.17, 15) is 8.42 Å². The van der Waals surface area contributed by atoms with E-state index in [1.807, 2.05) is 43.3 Å². The zero-order chi connectivity index (χ0) is 24.4. The number of benzene rings is 2. The number of hydrazine groups is 1. The van der Waals surface area contributed by atoms with E-state index in [4.69, 9.17) is 9.73 Å². The molecular formula is C26H33BrN4O3S. The van der Waals surface area contributed by atoms with Crippen molar-refractivity contribution in [3.8, 4) is 0 Å².